The second-order valence-electron chi connectivity index (χ2n) is 4.76. The molecule has 0 aliphatic carbocycles. The Labute approximate surface area is 108 Å². The van der Waals surface area contributed by atoms with E-state index in [0.717, 1.165) is 17.9 Å². The van der Waals surface area contributed by atoms with Crippen LogP contribution in [0.15, 0.2) is 24.3 Å². The molecule has 0 saturated heterocycles. The number of imidazole rings is 1. The van der Waals surface area contributed by atoms with Crippen LogP contribution >= 0.6 is 0 Å². The minimum Gasteiger partial charge on any atom is -0.396 e. The third-order valence-electron chi connectivity index (χ3n) is 3.33. The lowest BCUT2D eigenvalue weighted by Crippen LogP contribution is -2.04. The van der Waals surface area contributed by atoms with Gasteiger partial charge in [0.1, 0.15) is 5.82 Å². The summed E-state index contributed by atoms with van der Waals surface area (Å²) in [5.74, 6) is 0.956. The fourth-order valence-electron chi connectivity index (χ4n) is 2.20. The maximum Gasteiger partial charge on any atom is 0.111 e. The van der Waals surface area contributed by atoms with Crippen molar-refractivity contribution in [3.05, 3.63) is 52.6 Å². The summed E-state index contributed by atoms with van der Waals surface area (Å²) in [7, 11) is 2.02. The van der Waals surface area contributed by atoms with Crippen LogP contribution in [0.5, 0.6) is 0 Å². The first-order chi connectivity index (χ1) is 8.61. The molecule has 1 heterocycles. The Morgan fingerprint density at radius 2 is 1.83 bits per heavy atom. The second-order valence-corrected chi connectivity index (χ2v) is 4.76. The highest BCUT2D eigenvalue weighted by molar-refractivity contribution is 5.28. The second kappa shape index (κ2) is 5.36. The zero-order valence-electron chi connectivity index (χ0n) is 11.3. The average molecular weight is 244 g/mol. The van der Waals surface area contributed by atoms with Crippen LogP contribution in [-0.4, -0.2) is 21.3 Å². The van der Waals surface area contributed by atoms with Gasteiger partial charge in [0.25, 0.3) is 0 Å². The fraction of sp³-hybridized carbons (Fsp3) is 0.400. The molecule has 0 unspecified atom stereocenters. The molecule has 1 N–H and O–H groups in total. The summed E-state index contributed by atoms with van der Waals surface area (Å²) in [5.41, 5.74) is 4.85. The van der Waals surface area contributed by atoms with Crippen LogP contribution in [0.25, 0.3) is 0 Å². The van der Waals surface area contributed by atoms with Crippen LogP contribution < -0.4 is 0 Å². The van der Waals surface area contributed by atoms with Gasteiger partial charge in [0.2, 0.25) is 0 Å². The molecule has 3 heteroatoms. The molecule has 0 fully saturated rings. The molecule has 0 amide bonds. The van der Waals surface area contributed by atoms with Crippen LogP contribution in [-0.2, 0) is 19.9 Å². The molecular weight excluding hydrogens is 224 g/mol. The summed E-state index contributed by atoms with van der Waals surface area (Å²) in [6, 6.07) is 8.59. The molecule has 0 aliphatic rings. The Morgan fingerprint density at radius 3 is 2.44 bits per heavy atom. The summed E-state index contributed by atoms with van der Waals surface area (Å²) in [6.45, 7) is 4.27. The van der Waals surface area contributed by atoms with Crippen molar-refractivity contribution in [3.8, 4) is 0 Å². The maximum atomic E-state index is 9.01. The van der Waals surface area contributed by atoms with E-state index in [1.54, 1.807) is 0 Å². The van der Waals surface area contributed by atoms with E-state index >= 15 is 0 Å². The lowest BCUT2D eigenvalue weighted by molar-refractivity contribution is 0.295. The van der Waals surface area contributed by atoms with Crippen LogP contribution in [0, 0.1) is 13.8 Å². The lowest BCUT2D eigenvalue weighted by atomic mass is 10.1. The average Bonchev–Trinajstić information content (AvgIpc) is 2.60. The van der Waals surface area contributed by atoms with E-state index < -0.39 is 0 Å². The minimum absolute atomic E-state index is 0.147. The van der Waals surface area contributed by atoms with E-state index in [2.05, 4.69) is 40.7 Å². The Hall–Kier alpha value is -1.61. The van der Waals surface area contributed by atoms with E-state index in [4.69, 9.17) is 5.11 Å². The number of aromatic nitrogens is 2. The van der Waals surface area contributed by atoms with Gasteiger partial charge in [-0.1, -0.05) is 29.8 Å². The highest BCUT2D eigenvalue weighted by atomic mass is 16.3. The van der Waals surface area contributed by atoms with Crippen LogP contribution in [0.4, 0.5) is 0 Å². The van der Waals surface area contributed by atoms with Crippen molar-refractivity contribution >= 4 is 0 Å². The van der Waals surface area contributed by atoms with Crippen LogP contribution in [0.1, 0.15) is 28.3 Å². The zero-order valence-corrected chi connectivity index (χ0v) is 11.3. The van der Waals surface area contributed by atoms with Crippen molar-refractivity contribution in [2.75, 3.05) is 6.61 Å². The van der Waals surface area contributed by atoms with Gasteiger partial charge < -0.3 is 9.67 Å². The molecule has 96 valence electrons. The normalized spacial score (nSPS) is 10.9. The van der Waals surface area contributed by atoms with Gasteiger partial charge in [-0.3, -0.25) is 0 Å². The van der Waals surface area contributed by atoms with Crippen LogP contribution in [0.3, 0.4) is 0 Å². The summed E-state index contributed by atoms with van der Waals surface area (Å²) in [5, 5.41) is 9.01. The van der Waals surface area contributed by atoms with Gasteiger partial charge in [-0.25, -0.2) is 4.98 Å². The zero-order chi connectivity index (χ0) is 13.1. The third kappa shape index (κ3) is 2.62. The smallest absolute Gasteiger partial charge is 0.111 e. The molecule has 0 atom stereocenters. The van der Waals surface area contributed by atoms with Crippen molar-refractivity contribution in [1.29, 1.82) is 0 Å². The number of hydrogen-bond acceptors (Lipinski definition) is 2. The van der Waals surface area contributed by atoms with Crippen molar-refractivity contribution in [2.45, 2.75) is 26.7 Å². The maximum absolute atomic E-state index is 9.01. The summed E-state index contributed by atoms with van der Waals surface area (Å²) < 4.78 is 2.10. The molecule has 0 saturated carbocycles. The molecule has 18 heavy (non-hydrogen) atoms. The predicted octanol–water partition coefficient (Wildman–Crippen LogP) is 2.16. The molecule has 0 radical (unpaired) electrons. The van der Waals surface area contributed by atoms with E-state index in [1.165, 1.54) is 16.8 Å². The summed E-state index contributed by atoms with van der Waals surface area (Å²) in [6.07, 6.45) is 1.51. The molecular formula is C15H20N2O. The Balaban J connectivity index is 2.26. The van der Waals surface area contributed by atoms with Crippen molar-refractivity contribution < 1.29 is 5.11 Å². The molecule has 2 rings (SSSR count). The van der Waals surface area contributed by atoms with E-state index in [0.29, 0.717) is 6.42 Å². The first kappa shape index (κ1) is 12.8. The highest BCUT2D eigenvalue weighted by Crippen LogP contribution is 2.15. The fourth-order valence-corrected chi connectivity index (χ4v) is 2.20. The minimum atomic E-state index is 0.147. The largest absolute Gasteiger partial charge is 0.396 e. The molecule has 0 spiro atoms. The summed E-state index contributed by atoms with van der Waals surface area (Å²) in [4.78, 5) is 4.52. The van der Waals surface area contributed by atoms with Gasteiger partial charge >= 0.3 is 0 Å². The number of rotatable bonds is 4. The molecule has 1 aromatic carbocycles. The Kier molecular flexibility index (Phi) is 3.82. The van der Waals surface area contributed by atoms with Gasteiger partial charge in [0.15, 0.2) is 0 Å². The van der Waals surface area contributed by atoms with Crippen molar-refractivity contribution in [3.63, 3.8) is 0 Å². The molecule has 0 aliphatic heterocycles. The van der Waals surface area contributed by atoms with Gasteiger partial charge in [0.05, 0.1) is 12.3 Å². The first-order valence-electron chi connectivity index (χ1n) is 6.29. The van der Waals surface area contributed by atoms with Gasteiger partial charge in [-0.05, 0) is 19.4 Å². The topological polar surface area (TPSA) is 38.1 Å². The Morgan fingerprint density at radius 1 is 1.17 bits per heavy atom. The van der Waals surface area contributed by atoms with E-state index in [9.17, 15) is 0 Å². The number of benzene rings is 1. The summed E-state index contributed by atoms with van der Waals surface area (Å²) >= 11 is 0. The highest BCUT2D eigenvalue weighted by Gasteiger charge is 2.11. The van der Waals surface area contributed by atoms with E-state index in [-0.39, 0.29) is 6.61 Å². The monoisotopic (exact) mass is 244 g/mol. The number of aliphatic hydroxyl groups excluding tert-OH is 1. The predicted molar refractivity (Wildman–Crippen MR) is 72.7 cm³/mol. The number of aryl methyl sites for hydroxylation is 2. The third-order valence-corrected chi connectivity index (χ3v) is 3.33. The first-order valence-corrected chi connectivity index (χ1v) is 6.29. The quantitative estimate of drug-likeness (QED) is 0.895. The number of nitrogens with zero attached hydrogens (tertiary/aromatic N) is 2. The van der Waals surface area contributed by atoms with Crippen LogP contribution in [0.2, 0.25) is 0 Å². The van der Waals surface area contributed by atoms with Crippen molar-refractivity contribution in [2.24, 2.45) is 7.05 Å². The number of aliphatic hydroxyl groups is 1. The molecule has 2 aromatic rings. The van der Waals surface area contributed by atoms with Gasteiger partial charge in [-0.15, -0.1) is 0 Å². The van der Waals surface area contributed by atoms with Gasteiger partial charge in [0, 0.05) is 25.6 Å². The van der Waals surface area contributed by atoms with E-state index in [1.807, 2.05) is 14.0 Å². The number of hydrogen-bond donors (Lipinski definition) is 1. The SMILES string of the molecule is Cc1ccc(Cc2c(C)nc(CCO)n2C)cc1. The standard InChI is InChI=1S/C15H20N2O/c1-11-4-6-13(7-5-11)10-14-12(2)16-15(8-9-18)17(14)3/h4-7,18H,8-10H2,1-3H3. The Bertz CT molecular complexity index is 526. The van der Waals surface area contributed by atoms with Crippen molar-refractivity contribution in [1.82, 2.24) is 9.55 Å². The molecule has 1 aromatic heterocycles. The van der Waals surface area contributed by atoms with Gasteiger partial charge in [-0.2, -0.15) is 0 Å². The lowest BCUT2D eigenvalue weighted by Gasteiger charge is -2.06. The molecule has 0 bridgehead atoms. The molecule has 3 nitrogen and oxygen atoms in total.